The van der Waals surface area contributed by atoms with Gasteiger partial charge < -0.3 is 5.11 Å². The summed E-state index contributed by atoms with van der Waals surface area (Å²) in [6.07, 6.45) is 3.17. The van der Waals surface area contributed by atoms with Crippen LogP contribution in [-0.2, 0) is 6.42 Å². The zero-order chi connectivity index (χ0) is 16.1. The van der Waals surface area contributed by atoms with Crippen molar-refractivity contribution in [2.45, 2.75) is 39.0 Å². The number of fused-ring (bicyclic) bond motifs is 1. The Labute approximate surface area is 138 Å². The molecule has 1 fully saturated rings. The molecule has 0 bridgehead atoms. The van der Waals surface area contributed by atoms with Gasteiger partial charge in [-0.1, -0.05) is 42.5 Å². The van der Waals surface area contributed by atoms with Crippen molar-refractivity contribution in [2.24, 2.45) is 0 Å². The van der Waals surface area contributed by atoms with Crippen LogP contribution >= 0.6 is 11.3 Å². The fourth-order valence-corrected chi connectivity index (χ4v) is 4.22. The van der Waals surface area contributed by atoms with E-state index in [2.05, 4.69) is 35.6 Å². The molecule has 1 N–H and O–H groups in total. The van der Waals surface area contributed by atoms with Gasteiger partial charge in [0.15, 0.2) is 4.96 Å². The lowest BCUT2D eigenvalue weighted by Gasteiger charge is -2.04. The summed E-state index contributed by atoms with van der Waals surface area (Å²) in [7, 11) is 0. The molecule has 1 aromatic carbocycles. The minimum Gasteiger partial charge on any atom is -0.477 e. The number of thiazole rings is 1. The Kier molecular flexibility index (Phi) is 3.27. The Balaban J connectivity index is 1.89. The number of benzene rings is 1. The van der Waals surface area contributed by atoms with Crippen LogP contribution in [0.15, 0.2) is 24.3 Å². The lowest BCUT2D eigenvalue weighted by molar-refractivity contribution is 0.0700. The highest BCUT2D eigenvalue weighted by atomic mass is 32.1. The van der Waals surface area contributed by atoms with Crippen molar-refractivity contribution in [3.05, 3.63) is 46.1 Å². The maximum atomic E-state index is 11.5. The number of aryl methyl sites for hydroxylation is 2. The van der Waals surface area contributed by atoms with E-state index in [4.69, 9.17) is 4.98 Å². The lowest BCUT2D eigenvalue weighted by Crippen LogP contribution is -2.01. The summed E-state index contributed by atoms with van der Waals surface area (Å²) in [4.78, 5) is 17.5. The van der Waals surface area contributed by atoms with Gasteiger partial charge in [-0.25, -0.2) is 9.78 Å². The molecule has 5 heteroatoms. The first-order chi connectivity index (χ1) is 11.1. The van der Waals surface area contributed by atoms with Crippen molar-refractivity contribution in [1.29, 1.82) is 0 Å². The number of carboxylic acid groups (broad SMARTS) is 1. The van der Waals surface area contributed by atoms with E-state index in [1.807, 2.05) is 6.92 Å². The first kappa shape index (κ1) is 14.5. The van der Waals surface area contributed by atoms with Crippen LogP contribution in [0.3, 0.4) is 0 Å². The number of carboxylic acids is 1. The van der Waals surface area contributed by atoms with Gasteiger partial charge in [0, 0.05) is 17.2 Å². The number of aromatic nitrogens is 2. The number of carbonyl (C=O) groups is 1. The minimum absolute atomic E-state index is 0.373. The average molecular weight is 326 g/mol. The van der Waals surface area contributed by atoms with E-state index in [0.717, 1.165) is 46.9 Å². The zero-order valence-electron chi connectivity index (χ0n) is 13.2. The molecule has 0 spiro atoms. The van der Waals surface area contributed by atoms with Crippen LogP contribution < -0.4 is 0 Å². The Morgan fingerprint density at radius 3 is 2.61 bits per heavy atom. The van der Waals surface area contributed by atoms with Crippen molar-refractivity contribution in [3.63, 3.8) is 0 Å². The number of nitrogens with zero attached hydrogens (tertiary/aromatic N) is 2. The van der Waals surface area contributed by atoms with Crippen LogP contribution in [0.2, 0.25) is 0 Å². The third-order valence-corrected chi connectivity index (χ3v) is 5.58. The number of hydrogen-bond donors (Lipinski definition) is 1. The van der Waals surface area contributed by atoms with Gasteiger partial charge in [-0.2, -0.15) is 0 Å². The molecule has 4 rings (SSSR count). The molecule has 0 atom stereocenters. The Morgan fingerprint density at radius 1 is 1.35 bits per heavy atom. The maximum Gasteiger partial charge on any atom is 0.347 e. The molecule has 1 aliphatic rings. The number of aromatic carboxylic acids is 1. The smallest absolute Gasteiger partial charge is 0.347 e. The van der Waals surface area contributed by atoms with E-state index >= 15 is 0 Å². The molecule has 2 heterocycles. The third kappa shape index (κ3) is 2.27. The van der Waals surface area contributed by atoms with Gasteiger partial charge in [-0.05, 0) is 31.7 Å². The van der Waals surface area contributed by atoms with Crippen molar-refractivity contribution in [1.82, 2.24) is 9.38 Å². The Bertz CT molecular complexity index is 901. The van der Waals surface area contributed by atoms with Crippen LogP contribution in [0, 0.1) is 6.92 Å². The number of rotatable bonds is 4. The van der Waals surface area contributed by atoms with Crippen molar-refractivity contribution < 1.29 is 9.90 Å². The number of imidazole rings is 1. The highest BCUT2D eigenvalue weighted by Gasteiger charge is 2.34. The molecule has 2 aromatic heterocycles. The molecular weight excluding hydrogens is 308 g/mol. The van der Waals surface area contributed by atoms with Crippen LogP contribution in [0.1, 0.15) is 52.3 Å². The average Bonchev–Trinajstić information content (AvgIpc) is 3.24. The van der Waals surface area contributed by atoms with Crippen molar-refractivity contribution in [3.8, 4) is 11.3 Å². The third-order valence-electron chi connectivity index (χ3n) is 4.54. The van der Waals surface area contributed by atoms with Gasteiger partial charge in [0.2, 0.25) is 0 Å². The van der Waals surface area contributed by atoms with Gasteiger partial charge in [0.25, 0.3) is 0 Å². The largest absolute Gasteiger partial charge is 0.477 e. The van der Waals surface area contributed by atoms with Crippen LogP contribution in [0.25, 0.3) is 16.2 Å². The van der Waals surface area contributed by atoms with Gasteiger partial charge in [-0.3, -0.25) is 4.40 Å². The molecule has 23 heavy (non-hydrogen) atoms. The van der Waals surface area contributed by atoms with E-state index in [-0.39, 0.29) is 0 Å². The fourth-order valence-electron chi connectivity index (χ4n) is 3.12. The molecule has 3 aromatic rings. The fraction of sp³-hybridized carbons (Fsp3) is 0.333. The molecule has 0 saturated heterocycles. The molecular formula is C18H18N2O2S. The second-order valence-corrected chi connectivity index (χ2v) is 7.09. The van der Waals surface area contributed by atoms with Crippen LogP contribution in [-0.4, -0.2) is 20.5 Å². The van der Waals surface area contributed by atoms with E-state index in [1.165, 1.54) is 16.9 Å². The van der Waals surface area contributed by atoms with Crippen molar-refractivity contribution >= 4 is 22.3 Å². The topological polar surface area (TPSA) is 54.6 Å². The summed E-state index contributed by atoms with van der Waals surface area (Å²) in [5.74, 6) is -0.464. The van der Waals surface area contributed by atoms with E-state index in [9.17, 15) is 9.90 Å². The molecule has 1 saturated carbocycles. The summed E-state index contributed by atoms with van der Waals surface area (Å²) in [5, 5.41) is 9.47. The van der Waals surface area contributed by atoms with Gasteiger partial charge in [0.05, 0.1) is 11.4 Å². The predicted molar refractivity (Wildman–Crippen MR) is 91.6 cm³/mol. The van der Waals surface area contributed by atoms with Gasteiger partial charge in [0.1, 0.15) is 4.88 Å². The Hall–Kier alpha value is -2.14. The molecule has 0 amide bonds. The van der Waals surface area contributed by atoms with Crippen LogP contribution in [0.5, 0.6) is 0 Å². The van der Waals surface area contributed by atoms with Crippen molar-refractivity contribution in [2.75, 3.05) is 0 Å². The highest BCUT2D eigenvalue weighted by Crippen LogP contribution is 2.45. The molecule has 0 radical (unpaired) electrons. The predicted octanol–water partition coefficient (Wildman–Crippen LogP) is 4.51. The maximum absolute atomic E-state index is 11.5. The van der Waals surface area contributed by atoms with Gasteiger partial charge >= 0.3 is 5.97 Å². The number of hydrogen-bond acceptors (Lipinski definition) is 3. The monoisotopic (exact) mass is 326 g/mol. The lowest BCUT2D eigenvalue weighted by atomic mass is 10.1. The van der Waals surface area contributed by atoms with Crippen LogP contribution in [0.4, 0.5) is 0 Å². The molecule has 0 aliphatic heterocycles. The summed E-state index contributed by atoms with van der Waals surface area (Å²) >= 11 is 1.29. The first-order valence-corrected chi connectivity index (χ1v) is 8.76. The molecule has 0 unspecified atom stereocenters. The normalized spacial score (nSPS) is 14.5. The summed E-state index contributed by atoms with van der Waals surface area (Å²) < 4.78 is 2.06. The molecule has 4 nitrogen and oxygen atoms in total. The van der Waals surface area contributed by atoms with E-state index in [0.29, 0.717) is 10.8 Å². The second-order valence-electron chi connectivity index (χ2n) is 6.11. The summed E-state index contributed by atoms with van der Waals surface area (Å²) in [6, 6.07) is 8.47. The zero-order valence-corrected chi connectivity index (χ0v) is 14.0. The Morgan fingerprint density at radius 2 is 2.04 bits per heavy atom. The van der Waals surface area contributed by atoms with E-state index < -0.39 is 5.97 Å². The quantitative estimate of drug-likeness (QED) is 0.767. The summed E-state index contributed by atoms with van der Waals surface area (Å²) in [5.41, 5.74) is 5.33. The first-order valence-electron chi connectivity index (χ1n) is 7.94. The summed E-state index contributed by atoms with van der Waals surface area (Å²) in [6.45, 7) is 4.18. The van der Waals surface area contributed by atoms with E-state index in [1.54, 1.807) is 0 Å². The minimum atomic E-state index is -0.837. The second kappa shape index (κ2) is 5.20. The standard InChI is InChI=1S/C18H18N2O2S/c1-3-11-4-6-12(7-5-11)14-10(2)20-15(13-8-9-13)16(17(21)22)23-18(20)19-14/h4-7,13H,3,8-9H2,1-2H3,(H,21,22). The SMILES string of the molecule is CCc1ccc(-c2nc3sc(C(=O)O)c(C4CC4)n3c2C)cc1. The molecule has 118 valence electrons. The van der Waals surface area contributed by atoms with Gasteiger partial charge in [-0.15, -0.1) is 0 Å². The molecule has 1 aliphatic carbocycles. The highest BCUT2D eigenvalue weighted by molar-refractivity contribution is 7.19.